The second-order valence-corrected chi connectivity index (χ2v) is 7.48. The van der Waals surface area contributed by atoms with Crippen LogP contribution in [0.3, 0.4) is 0 Å². The number of halogens is 2. The predicted octanol–water partition coefficient (Wildman–Crippen LogP) is 3.23. The number of rotatable bonds is 4. The Morgan fingerprint density at radius 3 is 2.55 bits per heavy atom. The van der Waals surface area contributed by atoms with Gasteiger partial charge in [-0.05, 0) is 37.3 Å². The van der Waals surface area contributed by atoms with Crippen molar-refractivity contribution in [1.82, 2.24) is 9.29 Å². The molecule has 0 spiro atoms. The Morgan fingerprint density at radius 1 is 1.30 bits per heavy atom. The molecule has 0 aliphatic rings. The van der Waals surface area contributed by atoms with Gasteiger partial charge in [-0.25, -0.2) is 13.1 Å². The Labute approximate surface area is 131 Å². The number of nitrogens with zero attached hydrogens (tertiary/aromatic N) is 1. The number of aromatic nitrogens is 1. The van der Waals surface area contributed by atoms with Crippen molar-refractivity contribution in [3.05, 3.63) is 51.2 Å². The Balaban J connectivity index is 2.21. The molecule has 2 rings (SSSR count). The maximum Gasteiger partial charge on any atom is 0.242 e. The van der Waals surface area contributed by atoms with E-state index in [9.17, 15) is 8.42 Å². The molecule has 0 unspecified atom stereocenters. The fourth-order valence-corrected chi connectivity index (χ4v) is 3.82. The first kappa shape index (κ1) is 15.6. The minimum atomic E-state index is -3.63. The van der Waals surface area contributed by atoms with Crippen LogP contribution in [0.5, 0.6) is 0 Å². The number of aryl methyl sites for hydroxylation is 1. The van der Waals surface area contributed by atoms with Crippen LogP contribution in [-0.4, -0.2) is 13.0 Å². The Hall–Kier alpha value is -0.820. The number of nitrogens with one attached hydrogen (secondary N) is 1. The summed E-state index contributed by atoms with van der Waals surface area (Å²) in [5, 5.41) is 0.190. The maximum atomic E-state index is 12.2. The average molecular weight is 378 g/mol. The van der Waals surface area contributed by atoms with E-state index in [1.165, 1.54) is 6.07 Å². The van der Waals surface area contributed by atoms with Gasteiger partial charge in [-0.1, -0.05) is 27.5 Å². The first-order valence-corrected chi connectivity index (χ1v) is 8.52. The van der Waals surface area contributed by atoms with Gasteiger partial charge in [-0.2, -0.15) is 0 Å². The first-order valence-electron chi connectivity index (χ1n) is 5.87. The minimum absolute atomic E-state index is 0.0771. The summed E-state index contributed by atoms with van der Waals surface area (Å²) in [6.45, 7) is 2.18. The van der Waals surface area contributed by atoms with Crippen LogP contribution in [0.25, 0.3) is 0 Å². The highest BCUT2D eigenvalue weighted by molar-refractivity contribution is 9.10. The van der Waals surface area contributed by atoms with Gasteiger partial charge in [0.2, 0.25) is 10.0 Å². The van der Waals surface area contributed by atoms with Gasteiger partial charge in [-0.3, -0.25) is 0 Å². The summed E-state index contributed by atoms with van der Waals surface area (Å²) < 4.78 is 29.7. The number of hydrogen-bond acceptors (Lipinski definition) is 2. The minimum Gasteiger partial charge on any atom is -0.351 e. The third-order valence-electron chi connectivity index (χ3n) is 3.10. The van der Waals surface area contributed by atoms with Gasteiger partial charge in [0, 0.05) is 22.9 Å². The fraction of sp³-hybridized carbons (Fsp3) is 0.231. The molecule has 0 fully saturated rings. The average Bonchev–Trinajstić information content (AvgIpc) is 2.67. The molecule has 0 saturated heterocycles. The van der Waals surface area contributed by atoms with E-state index in [4.69, 9.17) is 11.6 Å². The zero-order chi connectivity index (χ0) is 14.9. The molecular formula is C13H14BrClN2O2S. The number of benzene rings is 1. The van der Waals surface area contributed by atoms with Crippen LogP contribution in [0, 0.1) is 6.92 Å². The van der Waals surface area contributed by atoms with E-state index in [-0.39, 0.29) is 16.5 Å². The van der Waals surface area contributed by atoms with Gasteiger partial charge in [0.25, 0.3) is 0 Å². The lowest BCUT2D eigenvalue weighted by Crippen LogP contribution is -2.24. The highest BCUT2D eigenvalue weighted by Gasteiger charge is 2.18. The number of hydrogen-bond donors (Lipinski definition) is 1. The molecule has 0 saturated carbocycles. The molecule has 0 amide bonds. The van der Waals surface area contributed by atoms with Gasteiger partial charge in [0.15, 0.2) is 0 Å². The Bertz CT molecular complexity index is 741. The van der Waals surface area contributed by atoms with Gasteiger partial charge in [0.1, 0.15) is 4.90 Å². The molecule has 0 radical (unpaired) electrons. The Kier molecular flexibility index (Phi) is 4.59. The third-order valence-corrected chi connectivity index (χ3v) is 5.48. The summed E-state index contributed by atoms with van der Waals surface area (Å²) in [6, 6.07) is 8.51. The molecule has 1 N–H and O–H groups in total. The highest BCUT2D eigenvalue weighted by Crippen LogP contribution is 2.25. The van der Waals surface area contributed by atoms with E-state index in [0.717, 1.165) is 15.9 Å². The molecule has 0 aliphatic carbocycles. The molecule has 1 aromatic heterocycles. The van der Waals surface area contributed by atoms with E-state index >= 15 is 0 Å². The predicted molar refractivity (Wildman–Crippen MR) is 83.3 cm³/mol. The lowest BCUT2D eigenvalue weighted by Gasteiger charge is -2.10. The van der Waals surface area contributed by atoms with Crippen LogP contribution in [0.4, 0.5) is 0 Å². The summed E-state index contributed by atoms with van der Waals surface area (Å²) >= 11 is 9.22. The van der Waals surface area contributed by atoms with Crippen molar-refractivity contribution in [1.29, 1.82) is 0 Å². The molecule has 7 heteroatoms. The smallest absolute Gasteiger partial charge is 0.242 e. The van der Waals surface area contributed by atoms with Crippen LogP contribution < -0.4 is 4.72 Å². The van der Waals surface area contributed by atoms with Crippen LogP contribution >= 0.6 is 27.5 Å². The van der Waals surface area contributed by atoms with E-state index in [2.05, 4.69) is 20.7 Å². The molecule has 20 heavy (non-hydrogen) atoms. The lowest BCUT2D eigenvalue weighted by atomic mass is 10.4. The molecule has 1 aromatic carbocycles. The van der Waals surface area contributed by atoms with Crippen molar-refractivity contribution in [2.45, 2.75) is 18.4 Å². The summed E-state index contributed by atoms with van der Waals surface area (Å²) in [4.78, 5) is 0.0771. The summed E-state index contributed by atoms with van der Waals surface area (Å²) in [6.07, 6.45) is 0. The molecule has 4 nitrogen and oxygen atoms in total. The molecule has 0 bridgehead atoms. The number of sulfonamides is 1. The van der Waals surface area contributed by atoms with Crippen molar-refractivity contribution >= 4 is 37.6 Å². The molecule has 0 atom stereocenters. The van der Waals surface area contributed by atoms with E-state index in [1.54, 1.807) is 12.1 Å². The van der Waals surface area contributed by atoms with Crippen molar-refractivity contribution in [2.75, 3.05) is 0 Å². The van der Waals surface area contributed by atoms with Gasteiger partial charge in [-0.15, -0.1) is 0 Å². The Morgan fingerprint density at radius 2 is 2.00 bits per heavy atom. The van der Waals surface area contributed by atoms with Crippen LogP contribution in [-0.2, 0) is 23.6 Å². The van der Waals surface area contributed by atoms with Gasteiger partial charge >= 0.3 is 0 Å². The van der Waals surface area contributed by atoms with E-state index < -0.39 is 10.0 Å². The van der Waals surface area contributed by atoms with Crippen molar-refractivity contribution in [3.8, 4) is 0 Å². The summed E-state index contributed by atoms with van der Waals surface area (Å²) in [5.41, 5.74) is 1.96. The second kappa shape index (κ2) is 5.89. The van der Waals surface area contributed by atoms with Gasteiger partial charge < -0.3 is 4.57 Å². The van der Waals surface area contributed by atoms with Gasteiger partial charge in [0.05, 0.1) is 11.6 Å². The topological polar surface area (TPSA) is 51.1 Å². The van der Waals surface area contributed by atoms with Crippen molar-refractivity contribution in [2.24, 2.45) is 7.05 Å². The first-order chi connectivity index (χ1) is 9.31. The summed E-state index contributed by atoms with van der Waals surface area (Å²) in [5.74, 6) is 0. The third kappa shape index (κ3) is 3.25. The van der Waals surface area contributed by atoms with E-state index in [0.29, 0.717) is 0 Å². The standard InChI is InChI=1S/C13H14BrClN2O2S/c1-9-3-5-11(17(9)2)8-16-20(18,19)13-6-4-10(14)7-12(13)15/h3-7,16H,8H2,1-2H3. The van der Waals surface area contributed by atoms with Crippen LogP contribution in [0.2, 0.25) is 5.02 Å². The molecule has 108 valence electrons. The zero-order valence-electron chi connectivity index (χ0n) is 11.0. The highest BCUT2D eigenvalue weighted by atomic mass is 79.9. The lowest BCUT2D eigenvalue weighted by molar-refractivity contribution is 0.579. The molecule has 1 heterocycles. The molecule has 2 aromatic rings. The largest absolute Gasteiger partial charge is 0.351 e. The van der Waals surface area contributed by atoms with E-state index in [1.807, 2.05) is 30.7 Å². The fourth-order valence-electron chi connectivity index (χ4n) is 1.78. The SMILES string of the molecule is Cc1ccc(CNS(=O)(=O)c2ccc(Br)cc2Cl)n1C. The van der Waals surface area contributed by atoms with Crippen LogP contribution in [0.1, 0.15) is 11.4 Å². The quantitative estimate of drug-likeness (QED) is 0.889. The molecular weight excluding hydrogens is 364 g/mol. The molecule has 0 aliphatic heterocycles. The van der Waals surface area contributed by atoms with Crippen molar-refractivity contribution in [3.63, 3.8) is 0 Å². The van der Waals surface area contributed by atoms with Crippen molar-refractivity contribution < 1.29 is 8.42 Å². The maximum absolute atomic E-state index is 12.2. The monoisotopic (exact) mass is 376 g/mol. The normalized spacial score (nSPS) is 11.8. The van der Waals surface area contributed by atoms with Crippen LogP contribution in [0.15, 0.2) is 39.7 Å². The zero-order valence-corrected chi connectivity index (χ0v) is 14.2. The second-order valence-electron chi connectivity index (χ2n) is 4.42. The summed E-state index contributed by atoms with van der Waals surface area (Å²) in [7, 11) is -1.74.